The molecule has 1 N–H and O–H groups in total. The van der Waals surface area contributed by atoms with Gasteiger partial charge in [0.2, 0.25) is 17.7 Å². The molecule has 8 rings (SSSR count). The highest BCUT2D eigenvalue weighted by Crippen LogP contribution is 2.40. The standard InChI is InChI=1S/C45H53N7O5/c1-4-22-50-29-41(55)51-38(25-33-14-17-35(53)18-15-33)44(57)49(28-39(51)52(50)40(54)19-16-32-10-7-6-8-11-32)26-34-12-9-13-36-37(27-46(3)42(34)36)43(56)48-24-21-45(31-48)20-23-47(5-2)30-45/h4,6-15,17-18,27,38-39,53H,1,5,16,19-26,28-31H2,2-3H3/t38-,39-,45?/m0/s1. The highest BCUT2D eigenvalue weighted by molar-refractivity contribution is 6.08. The number of phenols is 1. The molecule has 0 radical (unpaired) electrons. The Balaban J connectivity index is 1.11. The molecule has 4 aliphatic heterocycles. The maximum Gasteiger partial charge on any atom is 0.256 e. The second-order valence-corrected chi connectivity index (χ2v) is 16.3. The SMILES string of the molecule is C=CCN1CC(=O)N2[C@@H](Cc3ccc(O)cc3)C(=O)N(Cc3cccc4c(C(=O)N5CCC6(CCN(CC)C6)C5)cn(C)c34)C[C@@H]2N1C(=O)CCc1ccccc1. The number of benzene rings is 3. The van der Waals surface area contributed by atoms with Crippen molar-refractivity contribution in [2.24, 2.45) is 12.5 Å². The summed E-state index contributed by atoms with van der Waals surface area (Å²) in [5.74, 6) is -0.448. The van der Waals surface area contributed by atoms with Gasteiger partial charge >= 0.3 is 0 Å². The Bertz CT molecular complexity index is 2170. The van der Waals surface area contributed by atoms with Crippen LogP contribution in [-0.4, -0.2) is 127 Å². The Morgan fingerprint density at radius 2 is 1.72 bits per heavy atom. The van der Waals surface area contributed by atoms with Crippen molar-refractivity contribution in [1.29, 1.82) is 0 Å². The summed E-state index contributed by atoms with van der Waals surface area (Å²) in [6.07, 6.45) is 5.96. The molecule has 1 aromatic heterocycles. The third kappa shape index (κ3) is 7.44. The Kier molecular flexibility index (Phi) is 10.7. The molecule has 4 amide bonds. The van der Waals surface area contributed by atoms with E-state index in [0.717, 1.165) is 73.2 Å². The predicted molar refractivity (Wildman–Crippen MR) is 218 cm³/mol. The van der Waals surface area contributed by atoms with E-state index in [1.54, 1.807) is 50.2 Å². The Morgan fingerprint density at radius 3 is 2.46 bits per heavy atom. The van der Waals surface area contributed by atoms with Gasteiger partial charge in [-0.2, -0.15) is 0 Å². The quantitative estimate of drug-likeness (QED) is 0.225. The normalized spacial score (nSPS) is 22.9. The number of hydrogen-bond acceptors (Lipinski definition) is 7. The smallest absolute Gasteiger partial charge is 0.256 e. The van der Waals surface area contributed by atoms with Crippen LogP contribution in [0.5, 0.6) is 5.75 Å². The number of amides is 4. The van der Waals surface area contributed by atoms with Crippen LogP contribution in [0.25, 0.3) is 10.9 Å². The Labute approximate surface area is 334 Å². The monoisotopic (exact) mass is 771 g/mol. The summed E-state index contributed by atoms with van der Waals surface area (Å²) in [4.78, 5) is 65.2. The number of likely N-dealkylation sites (tertiary alicyclic amines) is 2. The summed E-state index contributed by atoms with van der Waals surface area (Å²) in [5, 5.41) is 14.3. The van der Waals surface area contributed by atoms with Gasteiger partial charge in [-0.25, -0.2) is 10.0 Å². The largest absolute Gasteiger partial charge is 0.508 e. The van der Waals surface area contributed by atoms with Crippen molar-refractivity contribution in [3.05, 3.63) is 114 Å². The number of hydrogen-bond donors (Lipinski definition) is 1. The van der Waals surface area contributed by atoms with Gasteiger partial charge in [-0.15, -0.1) is 6.58 Å². The Hall–Kier alpha value is -5.46. The van der Waals surface area contributed by atoms with Crippen molar-refractivity contribution in [3.8, 4) is 5.75 Å². The van der Waals surface area contributed by atoms with E-state index >= 15 is 0 Å². The number of hydrazine groups is 1. The molecule has 0 bridgehead atoms. The molecule has 12 heteroatoms. The first kappa shape index (κ1) is 38.4. The second kappa shape index (κ2) is 15.8. The van der Waals surface area contributed by atoms with Crippen LogP contribution in [0.2, 0.25) is 0 Å². The van der Waals surface area contributed by atoms with E-state index in [0.29, 0.717) is 12.0 Å². The molecule has 3 aromatic carbocycles. The van der Waals surface area contributed by atoms with Crippen molar-refractivity contribution in [2.75, 3.05) is 52.4 Å². The van der Waals surface area contributed by atoms with E-state index in [1.807, 2.05) is 71.2 Å². The number of carbonyl (C=O) groups excluding carboxylic acids is 4. The Morgan fingerprint density at radius 1 is 0.947 bits per heavy atom. The lowest BCUT2D eigenvalue weighted by molar-refractivity contribution is -0.205. The first-order valence-corrected chi connectivity index (χ1v) is 20.3. The zero-order valence-electron chi connectivity index (χ0n) is 33.1. The molecule has 3 atom stereocenters. The summed E-state index contributed by atoms with van der Waals surface area (Å²) < 4.78 is 1.99. The molecule has 298 valence electrons. The van der Waals surface area contributed by atoms with Crippen LogP contribution in [-0.2, 0) is 40.8 Å². The first-order valence-electron chi connectivity index (χ1n) is 20.3. The summed E-state index contributed by atoms with van der Waals surface area (Å²) in [6, 6.07) is 21.5. The fourth-order valence-electron chi connectivity index (χ4n) is 9.74. The summed E-state index contributed by atoms with van der Waals surface area (Å²) in [6.45, 7) is 11.3. The minimum Gasteiger partial charge on any atom is -0.508 e. The highest BCUT2D eigenvalue weighted by Gasteiger charge is 2.51. The van der Waals surface area contributed by atoms with Gasteiger partial charge in [-0.1, -0.05) is 73.7 Å². The van der Waals surface area contributed by atoms with Crippen LogP contribution in [0, 0.1) is 5.41 Å². The molecule has 4 fully saturated rings. The van der Waals surface area contributed by atoms with Crippen LogP contribution in [0.3, 0.4) is 0 Å². The van der Waals surface area contributed by atoms with Gasteiger partial charge in [0.1, 0.15) is 18.0 Å². The maximum absolute atomic E-state index is 14.8. The van der Waals surface area contributed by atoms with Crippen LogP contribution in [0.4, 0.5) is 0 Å². The summed E-state index contributed by atoms with van der Waals surface area (Å²) in [7, 11) is 1.94. The molecular weight excluding hydrogens is 719 g/mol. The minimum atomic E-state index is -0.887. The van der Waals surface area contributed by atoms with Crippen LogP contribution in [0.15, 0.2) is 91.6 Å². The molecule has 1 spiro atoms. The number of piperazine rings is 1. The van der Waals surface area contributed by atoms with E-state index in [9.17, 15) is 24.3 Å². The zero-order chi connectivity index (χ0) is 39.8. The van der Waals surface area contributed by atoms with Gasteiger partial charge < -0.3 is 29.3 Å². The molecule has 57 heavy (non-hydrogen) atoms. The highest BCUT2D eigenvalue weighted by atomic mass is 16.3. The summed E-state index contributed by atoms with van der Waals surface area (Å²) in [5.41, 5.74) is 4.40. The average molecular weight is 772 g/mol. The fourth-order valence-corrected chi connectivity index (χ4v) is 9.74. The third-order valence-electron chi connectivity index (χ3n) is 12.6. The fraction of sp³-hybridized carbons (Fsp3) is 0.422. The second-order valence-electron chi connectivity index (χ2n) is 16.3. The van der Waals surface area contributed by atoms with E-state index in [4.69, 9.17) is 0 Å². The van der Waals surface area contributed by atoms with Gasteiger partial charge in [0.15, 0.2) is 0 Å². The number of fused-ring (bicyclic) bond motifs is 2. The number of aromatic nitrogens is 1. The van der Waals surface area contributed by atoms with Crippen LogP contribution < -0.4 is 0 Å². The molecule has 12 nitrogen and oxygen atoms in total. The third-order valence-corrected chi connectivity index (χ3v) is 12.6. The van der Waals surface area contributed by atoms with E-state index < -0.39 is 12.2 Å². The molecule has 5 heterocycles. The number of aryl methyl sites for hydroxylation is 2. The van der Waals surface area contributed by atoms with Crippen molar-refractivity contribution in [1.82, 2.24) is 34.2 Å². The molecule has 4 saturated heterocycles. The van der Waals surface area contributed by atoms with Crippen LogP contribution in [0.1, 0.15) is 53.2 Å². The van der Waals surface area contributed by atoms with E-state index in [1.165, 1.54) is 0 Å². The van der Waals surface area contributed by atoms with Crippen molar-refractivity contribution in [2.45, 2.75) is 57.8 Å². The molecule has 0 saturated carbocycles. The predicted octanol–water partition coefficient (Wildman–Crippen LogP) is 4.43. The number of carbonyl (C=O) groups is 4. The van der Waals surface area contributed by atoms with Crippen molar-refractivity contribution >= 4 is 34.5 Å². The molecule has 4 aromatic rings. The molecular formula is C45H53N7O5. The average Bonchev–Trinajstić information content (AvgIpc) is 3.93. The summed E-state index contributed by atoms with van der Waals surface area (Å²) >= 11 is 0. The lowest BCUT2D eigenvalue weighted by Gasteiger charge is -2.55. The lowest BCUT2D eigenvalue weighted by Crippen LogP contribution is -2.75. The van der Waals surface area contributed by atoms with Crippen molar-refractivity contribution < 1.29 is 24.3 Å². The first-order chi connectivity index (χ1) is 27.6. The topological polar surface area (TPSA) is 113 Å². The van der Waals surface area contributed by atoms with Crippen molar-refractivity contribution in [3.63, 3.8) is 0 Å². The van der Waals surface area contributed by atoms with Gasteiger partial charge in [-0.05, 0) is 61.2 Å². The van der Waals surface area contributed by atoms with Gasteiger partial charge in [0.05, 0.1) is 24.2 Å². The van der Waals surface area contributed by atoms with Gasteiger partial charge in [-0.3, -0.25) is 19.2 Å². The molecule has 1 unspecified atom stereocenters. The number of rotatable bonds is 11. The van der Waals surface area contributed by atoms with Gasteiger partial charge in [0, 0.05) is 69.6 Å². The maximum atomic E-state index is 14.8. The van der Waals surface area contributed by atoms with E-state index in [-0.39, 0.29) is 73.8 Å². The number of aromatic hydroxyl groups is 1. The number of para-hydroxylation sites is 1. The van der Waals surface area contributed by atoms with Gasteiger partial charge in [0.25, 0.3) is 5.91 Å². The number of phenolic OH excluding ortho intramolecular Hbond substituents is 1. The van der Waals surface area contributed by atoms with Crippen LogP contribution >= 0.6 is 0 Å². The molecule has 0 aliphatic carbocycles. The lowest BCUT2D eigenvalue weighted by atomic mass is 9.86. The number of nitrogens with zero attached hydrogens (tertiary/aromatic N) is 7. The zero-order valence-corrected chi connectivity index (χ0v) is 33.1. The minimum absolute atomic E-state index is 0.0379. The van der Waals surface area contributed by atoms with E-state index in [2.05, 4.69) is 18.4 Å². The molecule has 4 aliphatic rings.